The Morgan fingerprint density at radius 2 is 2.06 bits per heavy atom. The van der Waals surface area contributed by atoms with Crippen LogP contribution in [-0.4, -0.2) is 25.4 Å². The van der Waals surface area contributed by atoms with Gasteiger partial charge in [-0.25, -0.2) is 0 Å². The summed E-state index contributed by atoms with van der Waals surface area (Å²) in [6.07, 6.45) is 1.75. The van der Waals surface area contributed by atoms with E-state index >= 15 is 0 Å². The molecule has 1 aromatic carbocycles. The average molecular weight is 269 g/mol. The van der Waals surface area contributed by atoms with Gasteiger partial charge in [-0.2, -0.15) is 13.1 Å². The van der Waals surface area contributed by atoms with Crippen LogP contribution in [-0.2, 0) is 10.2 Å². The Morgan fingerprint density at radius 1 is 1.39 bits per heavy atom. The number of nitrogens with one attached hydrogen (secondary N) is 2. The fourth-order valence-corrected chi connectivity index (χ4v) is 2.74. The van der Waals surface area contributed by atoms with Gasteiger partial charge in [-0.15, -0.1) is 0 Å². The summed E-state index contributed by atoms with van der Waals surface area (Å²) < 4.78 is 28.5. The highest BCUT2D eigenvalue weighted by atomic mass is 32.2. The van der Waals surface area contributed by atoms with Crippen molar-refractivity contribution >= 4 is 21.6 Å². The fourth-order valence-electron chi connectivity index (χ4n) is 1.54. The predicted molar refractivity (Wildman–Crippen MR) is 69.1 cm³/mol. The molecule has 0 heterocycles. The van der Waals surface area contributed by atoms with Gasteiger partial charge in [0.25, 0.3) is 10.2 Å². The summed E-state index contributed by atoms with van der Waals surface area (Å²) in [6.45, 7) is 1.60. The highest BCUT2D eigenvalue weighted by molar-refractivity contribution is 7.90. The second-order valence-corrected chi connectivity index (χ2v) is 5.68. The van der Waals surface area contributed by atoms with Gasteiger partial charge in [0.05, 0.1) is 11.4 Å². The molecule has 1 aromatic rings. The molecule has 0 aliphatic heterocycles. The first-order valence-electron chi connectivity index (χ1n) is 5.60. The highest BCUT2D eigenvalue weighted by Crippen LogP contribution is 2.21. The molecule has 3 N–H and O–H groups in total. The minimum Gasteiger partial charge on any atom is -0.411 e. The van der Waals surface area contributed by atoms with Gasteiger partial charge < -0.3 is 5.21 Å². The Morgan fingerprint density at radius 3 is 2.67 bits per heavy atom. The first-order chi connectivity index (χ1) is 8.52. The molecule has 0 aromatic heterocycles. The summed E-state index contributed by atoms with van der Waals surface area (Å²) in [7, 11) is -3.57. The number of oxime groups is 1. The third-order valence-corrected chi connectivity index (χ3v) is 3.74. The zero-order valence-electron chi connectivity index (χ0n) is 9.92. The van der Waals surface area contributed by atoms with Crippen LogP contribution in [0.15, 0.2) is 29.4 Å². The van der Waals surface area contributed by atoms with Crippen molar-refractivity contribution in [2.45, 2.75) is 25.8 Å². The number of benzene rings is 1. The van der Waals surface area contributed by atoms with Crippen molar-refractivity contribution in [1.29, 1.82) is 0 Å². The molecule has 1 aliphatic rings. The van der Waals surface area contributed by atoms with E-state index in [1.54, 1.807) is 31.2 Å². The van der Waals surface area contributed by atoms with E-state index < -0.39 is 10.2 Å². The Balaban J connectivity index is 2.23. The number of hydrogen-bond acceptors (Lipinski definition) is 4. The average Bonchev–Trinajstić information content (AvgIpc) is 3.11. The van der Waals surface area contributed by atoms with E-state index in [0.29, 0.717) is 17.0 Å². The molecule has 0 atom stereocenters. The Kier molecular flexibility index (Phi) is 3.53. The van der Waals surface area contributed by atoms with E-state index in [1.807, 2.05) is 0 Å². The van der Waals surface area contributed by atoms with Crippen LogP contribution in [0.1, 0.15) is 25.3 Å². The van der Waals surface area contributed by atoms with Crippen molar-refractivity contribution in [3.8, 4) is 0 Å². The first kappa shape index (κ1) is 12.8. The van der Waals surface area contributed by atoms with E-state index in [0.717, 1.165) is 12.8 Å². The molecule has 6 nitrogen and oxygen atoms in total. The summed E-state index contributed by atoms with van der Waals surface area (Å²) in [5, 5.41) is 11.8. The van der Waals surface area contributed by atoms with Gasteiger partial charge in [0, 0.05) is 11.6 Å². The molecule has 0 bridgehead atoms. The van der Waals surface area contributed by atoms with Crippen molar-refractivity contribution in [3.63, 3.8) is 0 Å². The van der Waals surface area contributed by atoms with Gasteiger partial charge in [0.1, 0.15) is 0 Å². The molecular formula is C11H15N3O3S. The molecule has 98 valence electrons. The second kappa shape index (κ2) is 4.95. The van der Waals surface area contributed by atoms with Crippen LogP contribution < -0.4 is 9.44 Å². The molecule has 2 rings (SSSR count). The third-order valence-electron chi connectivity index (χ3n) is 2.61. The number of rotatable bonds is 5. The summed E-state index contributed by atoms with van der Waals surface area (Å²) >= 11 is 0. The summed E-state index contributed by atoms with van der Waals surface area (Å²) in [6, 6.07) is 6.81. The lowest BCUT2D eigenvalue weighted by atomic mass is 10.1. The molecular weight excluding hydrogens is 254 g/mol. The summed E-state index contributed by atoms with van der Waals surface area (Å²) in [5.41, 5.74) is 1.28. The molecule has 0 spiro atoms. The second-order valence-electron chi connectivity index (χ2n) is 4.23. The predicted octanol–water partition coefficient (Wildman–Crippen LogP) is 1.29. The van der Waals surface area contributed by atoms with E-state index in [1.165, 1.54) is 0 Å². The SMILES string of the molecule is C/C(=N/O)c1ccccc1NS(=O)(=O)NC1CC1. The van der Waals surface area contributed by atoms with Crippen molar-refractivity contribution in [3.05, 3.63) is 29.8 Å². The Bertz CT molecular complexity index is 565. The maximum atomic E-state index is 11.8. The minimum atomic E-state index is -3.57. The van der Waals surface area contributed by atoms with Gasteiger partial charge in [-0.1, -0.05) is 23.4 Å². The number of hydrogen-bond donors (Lipinski definition) is 3. The fraction of sp³-hybridized carbons (Fsp3) is 0.364. The Labute approximate surface area is 106 Å². The van der Waals surface area contributed by atoms with Gasteiger partial charge in [-0.3, -0.25) is 4.72 Å². The van der Waals surface area contributed by atoms with Crippen LogP contribution in [0.4, 0.5) is 5.69 Å². The van der Waals surface area contributed by atoms with E-state index in [2.05, 4.69) is 14.6 Å². The highest BCUT2D eigenvalue weighted by Gasteiger charge is 2.27. The van der Waals surface area contributed by atoms with Crippen molar-refractivity contribution < 1.29 is 13.6 Å². The van der Waals surface area contributed by atoms with Gasteiger partial charge in [0.15, 0.2) is 0 Å². The van der Waals surface area contributed by atoms with Crippen molar-refractivity contribution in [1.82, 2.24) is 4.72 Å². The normalized spacial score (nSPS) is 16.6. The van der Waals surface area contributed by atoms with Gasteiger partial charge in [-0.05, 0) is 25.8 Å². The zero-order valence-corrected chi connectivity index (χ0v) is 10.7. The minimum absolute atomic E-state index is 0.0438. The van der Waals surface area contributed by atoms with Crippen LogP contribution in [0, 0.1) is 0 Å². The van der Waals surface area contributed by atoms with Crippen LogP contribution in [0.3, 0.4) is 0 Å². The molecule has 1 saturated carbocycles. The van der Waals surface area contributed by atoms with E-state index in [4.69, 9.17) is 5.21 Å². The largest absolute Gasteiger partial charge is 0.411 e. The smallest absolute Gasteiger partial charge is 0.299 e. The van der Waals surface area contributed by atoms with Crippen LogP contribution >= 0.6 is 0 Å². The van der Waals surface area contributed by atoms with Gasteiger partial charge >= 0.3 is 0 Å². The van der Waals surface area contributed by atoms with Crippen LogP contribution in [0.5, 0.6) is 0 Å². The molecule has 0 amide bonds. The van der Waals surface area contributed by atoms with Gasteiger partial charge in [0.2, 0.25) is 0 Å². The first-order valence-corrected chi connectivity index (χ1v) is 7.08. The molecule has 0 unspecified atom stereocenters. The van der Waals surface area contributed by atoms with E-state index in [9.17, 15) is 8.42 Å². The number of anilines is 1. The quantitative estimate of drug-likeness (QED) is 0.427. The summed E-state index contributed by atoms with van der Waals surface area (Å²) in [5.74, 6) is 0. The van der Waals surface area contributed by atoms with Crippen LogP contribution in [0.2, 0.25) is 0 Å². The number of para-hydroxylation sites is 1. The Hall–Kier alpha value is -1.60. The van der Waals surface area contributed by atoms with E-state index in [-0.39, 0.29) is 6.04 Å². The molecule has 0 saturated heterocycles. The molecule has 1 fully saturated rings. The lowest BCUT2D eigenvalue weighted by Gasteiger charge is -2.12. The van der Waals surface area contributed by atoms with Crippen LogP contribution in [0.25, 0.3) is 0 Å². The maximum Gasteiger partial charge on any atom is 0.299 e. The molecule has 1 aliphatic carbocycles. The standard InChI is InChI=1S/C11H15N3O3S/c1-8(12-15)10-4-2-3-5-11(10)14-18(16,17)13-9-6-7-9/h2-5,9,13-15H,6-7H2,1H3/b12-8-. The topological polar surface area (TPSA) is 90.8 Å². The lowest BCUT2D eigenvalue weighted by molar-refractivity contribution is 0.319. The third kappa shape index (κ3) is 3.21. The maximum absolute atomic E-state index is 11.8. The zero-order chi connectivity index (χ0) is 13.2. The summed E-state index contributed by atoms with van der Waals surface area (Å²) in [4.78, 5) is 0. The van der Waals surface area contributed by atoms with Crippen molar-refractivity contribution in [2.24, 2.45) is 5.16 Å². The van der Waals surface area contributed by atoms with Crippen molar-refractivity contribution in [2.75, 3.05) is 4.72 Å². The number of nitrogens with zero attached hydrogens (tertiary/aromatic N) is 1. The monoisotopic (exact) mass is 269 g/mol. The molecule has 18 heavy (non-hydrogen) atoms. The molecule has 0 radical (unpaired) electrons. The lowest BCUT2D eigenvalue weighted by Crippen LogP contribution is -2.32. The molecule has 7 heteroatoms.